The van der Waals surface area contributed by atoms with Crippen molar-refractivity contribution in [2.75, 3.05) is 18.8 Å². The standard InChI is InChI=1S/C11H17N5O/c1-7-2-3-13-6-8(7)16-11(17)9-10(12)15-5-4-14-9/h4-5,7-8,13H,2-3,6H2,1H3,(H2,12,15)(H,16,17). The van der Waals surface area contributed by atoms with Crippen LogP contribution in [-0.2, 0) is 0 Å². The predicted molar refractivity (Wildman–Crippen MR) is 64.3 cm³/mol. The van der Waals surface area contributed by atoms with Crippen LogP contribution in [0.2, 0.25) is 0 Å². The molecule has 2 heterocycles. The van der Waals surface area contributed by atoms with Crippen LogP contribution in [0.5, 0.6) is 0 Å². The van der Waals surface area contributed by atoms with Gasteiger partial charge in [0.05, 0.1) is 0 Å². The highest BCUT2D eigenvalue weighted by molar-refractivity contribution is 5.96. The number of nitrogens with zero attached hydrogens (tertiary/aromatic N) is 2. The van der Waals surface area contributed by atoms with Gasteiger partial charge >= 0.3 is 0 Å². The molecule has 0 radical (unpaired) electrons. The van der Waals surface area contributed by atoms with Crippen LogP contribution >= 0.6 is 0 Å². The first kappa shape index (κ1) is 11.8. The van der Waals surface area contributed by atoms with E-state index in [9.17, 15) is 4.79 Å². The molecule has 1 saturated heterocycles. The molecule has 0 bridgehead atoms. The summed E-state index contributed by atoms with van der Waals surface area (Å²) in [6.07, 6.45) is 3.99. The third-order valence-electron chi connectivity index (χ3n) is 3.09. The Kier molecular flexibility index (Phi) is 3.53. The summed E-state index contributed by atoms with van der Waals surface area (Å²) in [6.45, 7) is 3.92. The molecule has 0 aromatic carbocycles. The number of carbonyl (C=O) groups is 1. The monoisotopic (exact) mass is 235 g/mol. The van der Waals surface area contributed by atoms with E-state index >= 15 is 0 Å². The molecule has 0 spiro atoms. The van der Waals surface area contributed by atoms with Gasteiger partial charge in [0, 0.05) is 25.0 Å². The Morgan fingerprint density at radius 1 is 1.53 bits per heavy atom. The van der Waals surface area contributed by atoms with Crippen molar-refractivity contribution < 1.29 is 4.79 Å². The summed E-state index contributed by atoms with van der Waals surface area (Å²) in [4.78, 5) is 19.8. The van der Waals surface area contributed by atoms with E-state index in [0.717, 1.165) is 19.5 Å². The number of aromatic nitrogens is 2. The lowest BCUT2D eigenvalue weighted by Crippen LogP contribution is -2.50. The first-order valence-electron chi connectivity index (χ1n) is 5.76. The van der Waals surface area contributed by atoms with E-state index in [4.69, 9.17) is 5.73 Å². The minimum atomic E-state index is -0.254. The van der Waals surface area contributed by atoms with Gasteiger partial charge in [-0.15, -0.1) is 0 Å². The minimum absolute atomic E-state index is 0.123. The largest absolute Gasteiger partial charge is 0.382 e. The van der Waals surface area contributed by atoms with Crippen LogP contribution in [0.3, 0.4) is 0 Å². The van der Waals surface area contributed by atoms with Gasteiger partial charge < -0.3 is 16.4 Å². The zero-order valence-electron chi connectivity index (χ0n) is 9.81. The summed E-state index contributed by atoms with van der Waals surface area (Å²) in [5, 5.41) is 6.20. The Morgan fingerprint density at radius 2 is 2.29 bits per heavy atom. The van der Waals surface area contributed by atoms with E-state index in [1.165, 1.54) is 12.4 Å². The van der Waals surface area contributed by atoms with Gasteiger partial charge in [0.2, 0.25) is 0 Å². The average molecular weight is 235 g/mol. The van der Waals surface area contributed by atoms with Gasteiger partial charge in [-0.1, -0.05) is 6.92 Å². The fraction of sp³-hybridized carbons (Fsp3) is 0.545. The zero-order valence-corrected chi connectivity index (χ0v) is 9.81. The molecular formula is C11H17N5O. The number of anilines is 1. The van der Waals surface area contributed by atoms with E-state index < -0.39 is 0 Å². The van der Waals surface area contributed by atoms with Crippen LogP contribution in [0, 0.1) is 5.92 Å². The summed E-state index contributed by atoms with van der Waals surface area (Å²) in [6, 6.07) is 0.123. The molecule has 1 aliphatic rings. The molecule has 2 rings (SSSR count). The van der Waals surface area contributed by atoms with Crippen molar-refractivity contribution >= 4 is 11.7 Å². The van der Waals surface area contributed by atoms with Crippen LogP contribution in [0.1, 0.15) is 23.8 Å². The highest BCUT2D eigenvalue weighted by atomic mass is 16.2. The third-order valence-corrected chi connectivity index (χ3v) is 3.09. The molecule has 0 saturated carbocycles. The quantitative estimate of drug-likeness (QED) is 0.659. The number of amides is 1. The molecule has 6 nitrogen and oxygen atoms in total. The fourth-order valence-corrected chi connectivity index (χ4v) is 1.94. The van der Waals surface area contributed by atoms with Crippen molar-refractivity contribution in [3.63, 3.8) is 0 Å². The van der Waals surface area contributed by atoms with E-state index in [1.807, 2.05) is 0 Å². The molecule has 1 aliphatic heterocycles. The lowest BCUT2D eigenvalue weighted by molar-refractivity contribution is 0.0911. The molecule has 92 valence electrons. The van der Waals surface area contributed by atoms with Crippen LogP contribution in [0.25, 0.3) is 0 Å². The third kappa shape index (κ3) is 2.71. The molecule has 2 atom stereocenters. The first-order valence-corrected chi connectivity index (χ1v) is 5.76. The smallest absolute Gasteiger partial charge is 0.273 e. The second-order valence-electron chi connectivity index (χ2n) is 4.34. The van der Waals surface area contributed by atoms with Crippen molar-refractivity contribution in [3.8, 4) is 0 Å². The Bertz CT molecular complexity index is 409. The maximum absolute atomic E-state index is 12.0. The topological polar surface area (TPSA) is 92.9 Å². The predicted octanol–water partition coefficient (Wildman–Crippen LogP) is -0.213. The Balaban J connectivity index is 2.04. The van der Waals surface area contributed by atoms with Crippen LogP contribution in [0.15, 0.2) is 12.4 Å². The number of nitrogen functional groups attached to an aromatic ring is 1. The van der Waals surface area contributed by atoms with Crippen LogP contribution in [0.4, 0.5) is 5.82 Å². The number of carbonyl (C=O) groups excluding carboxylic acids is 1. The molecular weight excluding hydrogens is 218 g/mol. The molecule has 6 heteroatoms. The number of nitrogens with two attached hydrogens (primary N) is 1. The van der Waals surface area contributed by atoms with E-state index in [1.54, 1.807) is 0 Å². The van der Waals surface area contributed by atoms with Crippen molar-refractivity contribution in [2.24, 2.45) is 5.92 Å². The highest BCUT2D eigenvalue weighted by Crippen LogP contribution is 2.12. The maximum atomic E-state index is 12.0. The minimum Gasteiger partial charge on any atom is -0.382 e. The SMILES string of the molecule is CC1CCNCC1NC(=O)c1nccnc1N. The summed E-state index contributed by atoms with van der Waals surface area (Å²) >= 11 is 0. The van der Waals surface area contributed by atoms with Gasteiger partial charge in [-0.2, -0.15) is 0 Å². The normalized spacial score (nSPS) is 24.3. The van der Waals surface area contributed by atoms with E-state index in [2.05, 4.69) is 27.5 Å². The summed E-state index contributed by atoms with van der Waals surface area (Å²) in [7, 11) is 0. The first-order chi connectivity index (χ1) is 8.18. The van der Waals surface area contributed by atoms with Crippen molar-refractivity contribution in [1.82, 2.24) is 20.6 Å². The zero-order chi connectivity index (χ0) is 12.3. The molecule has 1 amide bonds. The highest BCUT2D eigenvalue weighted by Gasteiger charge is 2.24. The molecule has 4 N–H and O–H groups in total. The Hall–Kier alpha value is -1.69. The van der Waals surface area contributed by atoms with Crippen molar-refractivity contribution in [2.45, 2.75) is 19.4 Å². The van der Waals surface area contributed by atoms with Crippen molar-refractivity contribution in [3.05, 3.63) is 18.1 Å². The Labute approximate surface area is 100 Å². The molecule has 1 fully saturated rings. The summed E-state index contributed by atoms with van der Waals surface area (Å²) in [5.74, 6) is 0.371. The van der Waals surface area contributed by atoms with Gasteiger partial charge in [-0.3, -0.25) is 4.79 Å². The number of piperidine rings is 1. The lowest BCUT2D eigenvalue weighted by Gasteiger charge is -2.30. The Morgan fingerprint density at radius 3 is 3.00 bits per heavy atom. The maximum Gasteiger partial charge on any atom is 0.273 e. The van der Waals surface area contributed by atoms with E-state index in [-0.39, 0.29) is 23.5 Å². The van der Waals surface area contributed by atoms with Crippen LogP contribution < -0.4 is 16.4 Å². The fourth-order valence-electron chi connectivity index (χ4n) is 1.94. The van der Waals surface area contributed by atoms with Gasteiger partial charge in [0.1, 0.15) is 0 Å². The van der Waals surface area contributed by atoms with Crippen molar-refractivity contribution in [1.29, 1.82) is 0 Å². The number of hydrogen-bond acceptors (Lipinski definition) is 5. The van der Waals surface area contributed by atoms with Gasteiger partial charge in [-0.25, -0.2) is 9.97 Å². The number of hydrogen-bond donors (Lipinski definition) is 3. The molecule has 2 unspecified atom stereocenters. The average Bonchev–Trinajstić information content (AvgIpc) is 2.32. The number of nitrogens with one attached hydrogen (secondary N) is 2. The second-order valence-corrected chi connectivity index (χ2v) is 4.34. The molecule has 0 aliphatic carbocycles. The van der Waals surface area contributed by atoms with Gasteiger partial charge in [0.25, 0.3) is 5.91 Å². The second kappa shape index (κ2) is 5.09. The molecule has 1 aromatic heterocycles. The van der Waals surface area contributed by atoms with Crippen LogP contribution in [-0.4, -0.2) is 35.0 Å². The summed E-state index contributed by atoms with van der Waals surface area (Å²) in [5.41, 5.74) is 5.81. The van der Waals surface area contributed by atoms with E-state index in [0.29, 0.717) is 5.92 Å². The summed E-state index contributed by atoms with van der Waals surface area (Å²) < 4.78 is 0. The number of rotatable bonds is 2. The van der Waals surface area contributed by atoms with Gasteiger partial charge in [-0.05, 0) is 18.9 Å². The molecule has 17 heavy (non-hydrogen) atoms. The molecule has 1 aromatic rings. The lowest BCUT2D eigenvalue weighted by atomic mass is 9.95. The van der Waals surface area contributed by atoms with Gasteiger partial charge in [0.15, 0.2) is 11.5 Å².